The Morgan fingerprint density at radius 3 is 2.70 bits per heavy atom. The Kier molecular flexibility index (Phi) is 5.35. The first-order chi connectivity index (χ1) is 9.66. The van der Waals surface area contributed by atoms with Crippen molar-refractivity contribution < 1.29 is 9.53 Å². The third kappa shape index (κ3) is 4.20. The Morgan fingerprint density at radius 1 is 1.30 bits per heavy atom. The molecule has 5 heteroatoms. The van der Waals surface area contributed by atoms with Crippen LogP contribution in [0.1, 0.15) is 32.1 Å². The molecule has 1 aliphatic rings. The van der Waals surface area contributed by atoms with E-state index in [4.69, 9.17) is 22.7 Å². The van der Waals surface area contributed by atoms with Crippen molar-refractivity contribution in [3.63, 3.8) is 0 Å². The van der Waals surface area contributed by atoms with Crippen LogP contribution in [0.5, 0.6) is 5.75 Å². The van der Waals surface area contributed by atoms with Gasteiger partial charge in [0.1, 0.15) is 17.3 Å². The van der Waals surface area contributed by atoms with Crippen molar-refractivity contribution in [2.24, 2.45) is 11.7 Å². The molecule has 2 rings (SSSR count). The van der Waals surface area contributed by atoms with Gasteiger partial charge in [-0.25, -0.2) is 0 Å². The second kappa shape index (κ2) is 7.24. The monoisotopic (exact) mass is 292 g/mol. The van der Waals surface area contributed by atoms with E-state index in [-0.39, 0.29) is 18.4 Å². The van der Waals surface area contributed by atoms with Gasteiger partial charge in [-0.3, -0.25) is 4.79 Å². The van der Waals surface area contributed by atoms with E-state index in [0.717, 1.165) is 25.7 Å². The van der Waals surface area contributed by atoms with Gasteiger partial charge in [-0.1, -0.05) is 43.6 Å². The quantitative estimate of drug-likeness (QED) is 0.819. The first-order valence-corrected chi connectivity index (χ1v) is 7.38. The van der Waals surface area contributed by atoms with Gasteiger partial charge in [-0.2, -0.15) is 0 Å². The zero-order chi connectivity index (χ0) is 14.4. The van der Waals surface area contributed by atoms with Gasteiger partial charge in [0.2, 0.25) is 5.91 Å². The van der Waals surface area contributed by atoms with Gasteiger partial charge in [0.25, 0.3) is 0 Å². The summed E-state index contributed by atoms with van der Waals surface area (Å²) in [7, 11) is 0. The summed E-state index contributed by atoms with van der Waals surface area (Å²) in [6.07, 6.45) is 5.45. The average molecular weight is 292 g/mol. The fraction of sp³-hybridized carbons (Fsp3) is 0.467. The zero-order valence-corrected chi connectivity index (χ0v) is 12.2. The van der Waals surface area contributed by atoms with Crippen LogP contribution in [0.15, 0.2) is 24.3 Å². The number of para-hydroxylation sites is 2. The second-order valence-corrected chi connectivity index (χ2v) is 5.60. The number of nitrogens with two attached hydrogens (primary N) is 1. The lowest BCUT2D eigenvalue weighted by Gasteiger charge is -2.21. The number of amides is 1. The molecule has 0 bridgehead atoms. The average Bonchev–Trinajstić information content (AvgIpc) is 2.47. The molecule has 0 heterocycles. The van der Waals surface area contributed by atoms with E-state index < -0.39 is 0 Å². The largest absolute Gasteiger partial charge is 0.484 e. The Labute approximate surface area is 124 Å². The van der Waals surface area contributed by atoms with Crippen LogP contribution < -0.4 is 15.8 Å². The maximum Gasteiger partial charge on any atom is 0.227 e. The van der Waals surface area contributed by atoms with E-state index in [0.29, 0.717) is 16.4 Å². The molecule has 108 valence electrons. The highest BCUT2D eigenvalue weighted by Crippen LogP contribution is 2.28. The smallest absolute Gasteiger partial charge is 0.227 e. The summed E-state index contributed by atoms with van der Waals surface area (Å²) < 4.78 is 5.51. The van der Waals surface area contributed by atoms with E-state index in [9.17, 15) is 4.79 Å². The maximum absolute atomic E-state index is 12.2. The van der Waals surface area contributed by atoms with E-state index >= 15 is 0 Å². The fourth-order valence-corrected chi connectivity index (χ4v) is 2.50. The van der Waals surface area contributed by atoms with Gasteiger partial charge in [-0.05, 0) is 25.0 Å². The van der Waals surface area contributed by atoms with Crippen LogP contribution >= 0.6 is 12.2 Å². The van der Waals surface area contributed by atoms with E-state index in [2.05, 4.69) is 5.32 Å². The Balaban J connectivity index is 2.00. The molecule has 1 aliphatic carbocycles. The Bertz CT molecular complexity index is 485. The molecule has 1 fully saturated rings. The second-order valence-electron chi connectivity index (χ2n) is 5.08. The van der Waals surface area contributed by atoms with Crippen LogP contribution in [0.25, 0.3) is 0 Å². The number of hydrogen-bond donors (Lipinski definition) is 2. The Morgan fingerprint density at radius 2 is 2.00 bits per heavy atom. The minimum absolute atomic E-state index is 0.0797. The molecule has 1 aromatic carbocycles. The third-order valence-electron chi connectivity index (χ3n) is 3.49. The molecule has 0 spiro atoms. The highest BCUT2D eigenvalue weighted by Gasteiger charge is 2.21. The highest BCUT2D eigenvalue weighted by atomic mass is 32.1. The molecule has 20 heavy (non-hydrogen) atoms. The van der Waals surface area contributed by atoms with Gasteiger partial charge < -0.3 is 15.8 Å². The minimum atomic E-state index is 0.0797. The molecule has 0 saturated heterocycles. The number of rotatable bonds is 5. The number of benzene rings is 1. The molecule has 0 aliphatic heterocycles. The summed E-state index contributed by atoms with van der Waals surface area (Å²) in [5.74, 6) is 0.799. The lowest BCUT2D eigenvalue weighted by molar-refractivity contribution is -0.120. The summed E-state index contributed by atoms with van der Waals surface area (Å²) in [5.41, 5.74) is 6.11. The van der Waals surface area contributed by atoms with Crippen molar-refractivity contribution in [3.05, 3.63) is 24.3 Å². The molecule has 1 aromatic rings. The summed E-state index contributed by atoms with van der Waals surface area (Å²) >= 11 is 4.79. The summed E-state index contributed by atoms with van der Waals surface area (Å²) in [6.45, 7) is 0.172. The van der Waals surface area contributed by atoms with Crippen LogP contribution in [-0.2, 0) is 4.79 Å². The predicted octanol–water partition coefficient (Wildman–Crippen LogP) is 2.87. The molecular weight excluding hydrogens is 272 g/mol. The van der Waals surface area contributed by atoms with Crippen LogP contribution in [0.4, 0.5) is 5.69 Å². The molecular formula is C15H20N2O2S. The molecule has 0 aromatic heterocycles. The molecule has 1 saturated carbocycles. The standard InChI is InChI=1S/C15H20N2O2S/c16-14(20)10-19-13-9-5-4-8-12(13)17-15(18)11-6-2-1-3-7-11/h4-5,8-9,11H,1-3,6-7,10H2,(H2,16,20)(H,17,18). The number of hydrogen-bond acceptors (Lipinski definition) is 3. The fourth-order valence-electron chi connectivity index (χ4n) is 2.44. The minimum Gasteiger partial charge on any atom is -0.484 e. The van der Waals surface area contributed by atoms with Crippen molar-refractivity contribution in [1.82, 2.24) is 0 Å². The van der Waals surface area contributed by atoms with Gasteiger partial charge in [0.05, 0.1) is 5.69 Å². The van der Waals surface area contributed by atoms with Crippen LogP contribution in [0, 0.1) is 5.92 Å². The molecule has 1 amide bonds. The lowest BCUT2D eigenvalue weighted by Crippen LogP contribution is -2.25. The highest BCUT2D eigenvalue weighted by molar-refractivity contribution is 7.80. The number of nitrogens with one attached hydrogen (secondary N) is 1. The lowest BCUT2D eigenvalue weighted by atomic mass is 9.88. The number of carbonyl (C=O) groups excluding carboxylic acids is 1. The first-order valence-electron chi connectivity index (χ1n) is 6.98. The maximum atomic E-state index is 12.2. The normalized spacial score (nSPS) is 15.6. The predicted molar refractivity (Wildman–Crippen MR) is 83.9 cm³/mol. The van der Waals surface area contributed by atoms with Crippen molar-refractivity contribution in [2.75, 3.05) is 11.9 Å². The van der Waals surface area contributed by atoms with Crippen LogP contribution in [0.3, 0.4) is 0 Å². The summed E-state index contributed by atoms with van der Waals surface area (Å²) in [5, 5.41) is 2.96. The number of thiocarbonyl (C=S) groups is 1. The van der Waals surface area contributed by atoms with Gasteiger partial charge in [-0.15, -0.1) is 0 Å². The number of ether oxygens (including phenoxy) is 1. The van der Waals surface area contributed by atoms with Gasteiger partial charge >= 0.3 is 0 Å². The van der Waals surface area contributed by atoms with E-state index in [1.807, 2.05) is 18.2 Å². The van der Waals surface area contributed by atoms with Crippen molar-refractivity contribution in [3.8, 4) is 5.75 Å². The topological polar surface area (TPSA) is 64.3 Å². The third-order valence-corrected chi connectivity index (χ3v) is 3.61. The SMILES string of the molecule is NC(=S)COc1ccccc1NC(=O)C1CCCCC1. The molecule has 0 atom stereocenters. The number of anilines is 1. The summed E-state index contributed by atoms with van der Waals surface area (Å²) in [6, 6.07) is 7.35. The van der Waals surface area contributed by atoms with Crippen molar-refractivity contribution in [2.45, 2.75) is 32.1 Å². The van der Waals surface area contributed by atoms with Gasteiger partial charge in [0.15, 0.2) is 0 Å². The number of carbonyl (C=O) groups is 1. The first kappa shape index (κ1) is 14.8. The van der Waals surface area contributed by atoms with Crippen molar-refractivity contribution >= 4 is 28.8 Å². The molecule has 0 unspecified atom stereocenters. The molecule has 4 nitrogen and oxygen atoms in total. The Hall–Kier alpha value is -1.62. The molecule has 3 N–H and O–H groups in total. The van der Waals surface area contributed by atoms with E-state index in [1.54, 1.807) is 6.07 Å². The van der Waals surface area contributed by atoms with Crippen molar-refractivity contribution in [1.29, 1.82) is 0 Å². The molecule has 0 radical (unpaired) electrons. The van der Waals surface area contributed by atoms with Crippen LogP contribution in [0.2, 0.25) is 0 Å². The zero-order valence-electron chi connectivity index (χ0n) is 11.4. The van der Waals surface area contributed by atoms with Gasteiger partial charge in [0, 0.05) is 5.92 Å². The summed E-state index contributed by atoms with van der Waals surface area (Å²) in [4.78, 5) is 12.5. The van der Waals surface area contributed by atoms with E-state index in [1.165, 1.54) is 6.42 Å². The van der Waals surface area contributed by atoms with Crippen LogP contribution in [-0.4, -0.2) is 17.5 Å².